The van der Waals surface area contributed by atoms with Crippen LogP contribution in [0.4, 0.5) is 0 Å². The highest BCUT2D eigenvalue weighted by molar-refractivity contribution is 6.33. The van der Waals surface area contributed by atoms with Crippen LogP contribution in [0.25, 0.3) is 0 Å². The van der Waals surface area contributed by atoms with E-state index in [0.717, 1.165) is 30.6 Å². The molecule has 0 saturated carbocycles. The number of rotatable bonds is 5. The van der Waals surface area contributed by atoms with E-state index in [-0.39, 0.29) is 12.5 Å². The first-order chi connectivity index (χ1) is 11.6. The molecule has 0 fully saturated rings. The van der Waals surface area contributed by atoms with Gasteiger partial charge in [0.15, 0.2) is 6.61 Å². The van der Waals surface area contributed by atoms with Crippen molar-refractivity contribution in [3.8, 4) is 5.75 Å². The molecule has 0 aromatic heterocycles. The van der Waals surface area contributed by atoms with Crippen LogP contribution in [-0.4, -0.2) is 18.7 Å². The molecule has 0 radical (unpaired) electrons. The predicted molar refractivity (Wildman–Crippen MR) is 95.9 cm³/mol. The molecule has 1 aliphatic carbocycles. The second-order valence-electron chi connectivity index (χ2n) is 5.79. The topological polar surface area (TPSA) is 50.7 Å². The van der Waals surface area contributed by atoms with Gasteiger partial charge in [-0.3, -0.25) is 4.79 Å². The van der Waals surface area contributed by atoms with Crippen LogP contribution in [0.3, 0.4) is 0 Å². The molecule has 1 amide bonds. The maximum atomic E-state index is 11.9. The van der Waals surface area contributed by atoms with E-state index >= 15 is 0 Å². The van der Waals surface area contributed by atoms with E-state index in [1.165, 1.54) is 22.9 Å². The molecule has 0 aliphatic heterocycles. The molecule has 0 saturated heterocycles. The molecule has 0 spiro atoms. The van der Waals surface area contributed by atoms with Crippen molar-refractivity contribution in [2.75, 3.05) is 6.61 Å². The van der Waals surface area contributed by atoms with Crippen molar-refractivity contribution < 1.29 is 9.53 Å². The molecule has 0 heterocycles. The molecule has 1 aliphatic rings. The summed E-state index contributed by atoms with van der Waals surface area (Å²) < 4.78 is 5.68. The number of hydrazone groups is 1. The normalized spacial score (nSPS) is 13.1. The van der Waals surface area contributed by atoms with Crippen molar-refractivity contribution in [2.24, 2.45) is 5.10 Å². The maximum absolute atomic E-state index is 11.9. The minimum Gasteiger partial charge on any atom is -0.483 e. The smallest absolute Gasteiger partial charge is 0.277 e. The fraction of sp³-hybridized carbons (Fsp3) is 0.263. The van der Waals surface area contributed by atoms with E-state index in [2.05, 4.69) is 17.5 Å². The maximum Gasteiger partial charge on any atom is 0.277 e. The first-order valence-corrected chi connectivity index (χ1v) is 8.33. The van der Waals surface area contributed by atoms with Crippen LogP contribution < -0.4 is 10.2 Å². The SMILES string of the molecule is Cc1ccc(OCC(=O)N/N=C/c2ccccc2Cl)c2c1CCC2. The monoisotopic (exact) mass is 342 g/mol. The number of benzene rings is 2. The quantitative estimate of drug-likeness (QED) is 0.666. The summed E-state index contributed by atoms with van der Waals surface area (Å²) in [6.45, 7) is 2.05. The fourth-order valence-corrected chi connectivity index (χ4v) is 3.10. The summed E-state index contributed by atoms with van der Waals surface area (Å²) in [7, 11) is 0. The first-order valence-electron chi connectivity index (χ1n) is 7.96. The first kappa shape index (κ1) is 16.5. The molecule has 4 nitrogen and oxygen atoms in total. The summed E-state index contributed by atoms with van der Waals surface area (Å²) >= 11 is 6.02. The Balaban J connectivity index is 1.55. The van der Waals surface area contributed by atoms with Gasteiger partial charge >= 0.3 is 0 Å². The molecule has 0 bridgehead atoms. The zero-order valence-electron chi connectivity index (χ0n) is 13.5. The Hall–Kier alpha value is -2.33. The molecule has 24 heavy (non-hydrogen) atoms. The highest BCUT2D eigenvalue weighted by Crippen LogP contribution is 2.32. The van der Waals surface area contributed by atoms with Gasteiger partial charge in [0.1, 0.15) is 5.75 Å². The van der Waals surface area contributed by atoms with Crippen molar-refractivity contribution in [1.82, 2.24) is 5.43 Å². The molecular formula is C19H19ClN2O2. The Kier molecular flexibility index (Phi) is 5.16. The van der Waals surface area contributed by atoms with Crippen LogP contribution in [0.2, 0.25) is 5.02 Å². The number of amides is 1. The van der Waals surface area contributed by atoms with Gasteiger partial charge in [-0.25, -0.2) is 5.43 Å². The molecule has 3 rings (SSSR count). The van der Waals surface area contributed by atoms with Crippen molar-refractivity contribution >= 4 is 23.7 Å². The Bertz CT molecular complexity index is 787. The summed E-state index contributed by atoms with van der Waals surface area (Å²) in [6, 6.07) is 11.3. The van der Waals surface area contributed by atoms with Gasteiger partial charge in [-0.2, -0.15) is 5.10 Å². The number of carbonyl (C=O) groups excluding carboxylic acids is 1. The number of nitrogens with zero attached hydrogens (tertiary/aromatic N) is 1. The molecule has 2 aromatic carbocycles. The number of hydrogen-bond donors (Lipinski definition) is 1. The minimum atomic E-state index is -0.300. The van der Waals surface area contributed by atoms with Gasteiger partial charge in [0.2, 0.25) is 0 Å². The summed E-state index contributed by atoms with van der Waals surface area (Å²) in [5.74, 6) is 0.504. The van der Waals surface area contributed by atoms with E-state index in [1.54, 1.807) is 6.07 Å². The number of halogens is 1. The fourth-order valence-electron chi connectivity index (χ4n) is 2.92. The molecule has 0 unspecified atom stereocenters. The average molecular weight is 343 g/mol. The van der Waals surface area contributed by atoms with Crippen molar-refractivity contribution in [3.63, 3.8) is 0 Å². The summed E-state index contributed by atoms with van der Waals surface area (Å²) in [6.07, 6.45) is 4.76. The van der Waals surface area contributed by atoms with Crippen LogP contribution in [0.5, 0.6) is 5.75 Å². The van der Waals surface area contributed by atoms with Gasteiger partial charge in [-0.1, -0.05) is 35.9 Å². The van der Waals surface area contributed by atoms with Gasteiger partial charge in [-0.05, 0) is 55.0 Å². The van der Waals surface area contributed by atoms with Gasteiger partial charge in [0.25, 0.3) is 5.91 Å². The molecule has 0 atom stereocenters. The second kappa shape index (κ2) is 7.49. The van der Waals surface area contributed by atoms with Crippen molar-refractivity contribution in [3.05, 3.63) is 63.7 Å². The summed E-state index contributed by atoms with van der Waals surface area (Å²) in [5, 5.41) is 4.50. The standard InChI is InChI=1S/C19H19ClN2O2/c1-13-9-10-18(16-7-4-6-15(13)16)24-12-19(23)22-21-11-14-5-2-3-8-17(14)20/h2-3,5,8-11H,4,6-7,12H2,1H3,(H,22,23)/b21-11+. The van der Waals surface area contributed by atoms with E-state index < -0.39 is 0 Å². The highest BCUT2D eigenvalue weighted by Gasteiger charge is 2.18. The Morgan fingerprint density at radius 2 is 2.04 bits per heavy atom. The zero-order valence-corrected chi connectivity index (χ0v) is 14.3. The lowest BCUT2D eigenvalue weighted by Gasteiger charge is -2.11. The van der Waals surface area contributed by atoms with Crippen LogP contribution in [0.1, 0.15) is 28.7 Å². The summed E-state index contributed by atoms with van der Waals surface area (Å²) in [5.41, 5.74) is 7.10. The molecule has 5 heteroatoms. The van der Waals surface area contributed by atoms with E-state index in [1.807, 2.05) is 30.3 Å². The van der Waals surface area contributed by atoms with Crippen LogP contribution in [0, 0.1) is 6.92 Å². The molecular weight excluding hydrogens is 324 g/mol. The third kappa shape index (κ3) is 3.77. The lowest BCUT2D eigenvalue weighted by Crippen LogP contribution is -2.24. The Morgan fingerprint density at radius 1 is 1.25 bits per heavy atom. The molecule has 124 valence electrons. The number of nitrogens with one attached hydrogen (secondary N) is 1. The third-order valence-corrected chi connectivity index (χ3v) is 4.48. The van der Waals surface area contributed by atoms with E-state index in [9.17, 15) is 4.79 Å². The van der Waals surface area contributed by atoms with Crippen LogP contribution >= 0.6 is 11.6 Å². The Morgan fingerprint density at radius 3 is 2.88 bits per heavy atom. The number of aryl methyl sites for hydroxylation is 1. The van der Waals surface area contributed by atoms with Gasteiger partial charge in [-0.15, -0.1) is 0 Å². The summed E-state index contributed by atoms with van der Waals surface area (Å²) in [4.78, 5) is 11.9. The number of carbonyl (C=O) groups is 1. The number of ether oxygens (including phenoxy) is 1. The zero-order chi connectivity index (χ0) is 16.9. The van der Waals surface area contributed by atoms with Crippen molar-refractivity contribution in [1.29, 1.82) is 0 Å². The largest absolute Gasteiger partial charge is 0.483 e. The average Bonchev–Trinajstić information content (AvgIpc) is 3.07. The second-order valence-corrected chi connectivity index (χ2v) is 6.20. The van der Waals surface area contributed by atoms with Crippen LogP contribution in [0.15, 0.2) is 41.5 Å². The van der Waals surface area contributed by atoms with E-state index in [4.69, 9.17) is 16.3 Å². The number of fused-ring (bicyclic) bond motifs is 1. The lowest BCUT2D eigenvalue weighted by molar-refractivity contribution is -0.123. The van der Waals surface area contributed by atoms with Gasteiger partial charge in [0.05, 0.1) is 6.21 Å². The van der Waals surface area contributed by atoms with Crippen molar-refractivity contribution in [2.45, 2.75) is 26.2 Å². The highest BCUT2D eigenvalue weighted by atomic mass is 35.5. The minimum absolute atomic E-state index is 0.0602. The lowest BCUT2D eigenvalue weighted by atomic mass is 10.0. The van der Waals surface area contributed by atoms with Crippen LogP contribution in [-0.2, 0) is 17.6 Å². The molecule has 2 aromatic rings. The predicted octanol–water partition coefficient (Wildman–Crippen LogP) is 3.67. The van der Waals surface area contributed by atoms with E-state index in [0.29, 0.717) is 5.02 Å². The number of hydrogen-bond acceptors (Lipinski definition) is 3. The Labute approximate surface area is 146 Å². The molecule has 1 N–H and O–H groups in total. The van der Waals surface area contributed by atoms with Gasteiger partial charge < -0.3 is 4.74 Å². The van der Waals surface area contributed by atoms with Gasteiger partial charge in [0, 0.05) is 10.6 Å². The third-order valence-electron chi connectivity index (χ3n) is 4.13.